The van der Waals surface area contributed by atoms with Crippen LogP contribution in [0.25, 0.3) is 10.9 Å². The van der Waals surface area contributed by atoms with Crippen LogP contribution in [0.4, 0.5) is 0 Å². The van der Waals surface area contributed by atoms with Crippen molar-refractivity contribution in [1.82, 2.24) is 15.1 Å². The summed E-state index contributed by atoms with van der Waals surface area (Å²) in [6.45, 7) is 1.61. The molecule has 0 fully saturated rings. The van der Waals surface area contributed by atoms with Crippen LogP contribution in [0.3, 0.4) is 0 Å². The van der Waals surface area contributed by atoms with Crippen LogP contribution in [0, 0.1) is 11.3 Å². The van der Waals surface area contributed by atoms with E-state index in [1.807, 2.05) is 0 Å². The van der Waals surface area contributed by atoms with E-state index in [1.54, 1.807) is 19.2 Å². The lowest BCUT2D eigenvalue weighted by Crippen LogP contribution is -2.48. The molecule has 0 aliphatic heterocycles. The zero-order chi connectivity index (χ0) is 20.6. The van der Waals surface area contributed by atoms with Gasteiger partial charge in [0.25, 0.3) is 5.91 Å². The first kappa shape index (κ1) is 21.0. The van der Waals surface area contributed by atoms with E-state index < -0.39 is 11.4 Å². The number of nitrogens with one attached hydrogen (secondary N) is 1. The number of amides is 1. The molecule has 1 unspecified atom stereocenters. The number of halogens is 5. The van der Waals surface area contributed by atoms with Crippen molar-refractivity contribution in [1.29, 1.82) is 5.26 Å². The number of hydrogen-bond acceptors (Lipinski definition) is 3. The van der Waals surface area contributed by atoms with Gasteiger partial charge in [0.15, 0.2) is 0 Å². The summed E-state index contributed by atoms with van der Waals surface area (Å²) in [7, 11) is 0. The van der Waals surface area contributed by atoms with E-state index in [0.29, 0.717) is 20.9 Å². The second kappa shape index (κ2) is 7.98. The highest BCUT2D eigenvalue weighted by atomic mass is 35.5. The summed E-state index contributed by atoms with van der Waals surface area (Å²) >= 11 is 30.3. The molecule has 10 heteroatoms. The number of nitriles is 1. The van der Waals surface area contributed by atoms with Crippen LogP contribution in [-0.2, 0) is 6.54 Å². The molecule has 0 bridgehead atoms. The zero-order valence-corrected chi connectivity index (χ0v) is 18.0. The average molecular weight is 477 g/mol. The molecule has 0 saturated heterocycles. The molecule has 1 atom stereocenters. The Hall–Kier alpha value is -1.68. The third-order valence-electron chi connectivity index (χ3n) is 3.98. The molecule has 0 saturated carbocycles. The molecule has 1 amide bonds. The van der Waals surface area contributed by atoms with Gasteiger partial charge in [-0.1, -0.05) is 58.0 Å². The lowest BCUT2D eigenvalue weighted by Gasteiger charge is -2.23. The minimum absolute atomic E-state index is 0.0411. The lowest BCUT2D eigenvalue weighted by atomic mass is 10.0. The first-order valence-electron chi connectivity index (χ1n) is 7.83. The number of carbonyl (C=O) groups excluding carboxylic acids is 1. The van der Waals surface area contributed by atoms with Crippen LogP contribution >= 0.6 is 58.0 Å². The largest absolute Gasteiger partial charge is 0.332 e. The standard InChI is InChI=1S/C18H11Cl5N4O/c1-18(7-24,25-17(28)10-3-2-9(19)4-12(10)20)8-27-6-11-13(21)5-14(22)15(23)16(11)26-27/h2-6H,8H2,1H3,(H,25,28). The van der Waals surface area contributed by atoms with Crippen molar-refractivity contribution >= 4 is 74.8 Å². The van der Waals surface area contributed by atoms with Crippen molar-refractivity contribution in [3.8, 4) is 6.07 Å². The lowest BCUT2D eigenvalue weighted by molar-refractivity contribution is 0.0917. The third kappa shape index (κ3) is 4.17. The zero-order valence-electron chi connectivity index (χ0n) is 14.2. The quantitative estimate of drug-likeness (QED) is 0.469. The highest BCUT2D eigenvalue weighted by Crippen LogP contribution is 2.35. The molecule has 0 aliphatic carbocycles. The Morgan fingerprint density at radius 1 is 1.18 bits per heavy atom. The fraction of sp³-hybridized carbons (Fsp3) is 0.167. The molecular formula is C18H11Cl5N4O. The summed E-state index contributed by atoms with van der Waals surface area (Å²) in [4.78, 5) is 12.6. The summed E-state index contributed by atoms with van der Waals surface area (Å²) in [5, 5.41) is 18.8. The van der Waals surface area contributed by atoms with Gasteiger partial charge in [0.05, 0.1) is 38.3 Å². The van der Waals surface area contributed by atoms with E-state index in [-0.39, 0.29) is 27.2 Å². The number of fused-ring (bicyclic) bond motifs is 1. The SMILES string of the molecule is CC(C#N)(Cn1cc2c(Cl)cc(Cl)c(Cl)c2n1)NC(=O)c1ccc(Cl)cc1Cl. The number of carbonyl (C=O) groups is 1. The molecule has 2 aromatic carbocycles. The predicted octanol–water partition coefficient (Wildman–Crippen LogP) is 6.02. The maximum Gasteiger partial charge on any atom is 0.254 e. The molecule has 0 spiro atoms. The van der Waals surface area contributed by atoms with Crippen LogP contribution < -0.4 is 5.32 Å². The van der Waals surface area contributed by atoms with Crippen LogP contribution in [-0.4, -0.2) is 21.2 Å². The van der Waals surface area contributed by atoms with Gasteiger partial charge < -0.3 is 5.32 Å². The van der Waals surface area contributed by atoms with Gasteiger partial charge in [-0.15, -0.1) is 0 Å². The first-order chi connectivity index (χ1) is 13.1. The Balaban J connectivity index is 1.90. The van der Waals surface area contributed by atoms with Crippen molar-refractivity contribution in [3.05, 3.63) is 61.1 Å². The monoisotopic (exact) mass is 474 g/mol. The average Bonchev–Trinajstić information content (AvgIpc) is 3.03. The smallest absolute Gasteiger partial charge is 0.254 e. The Morgan fingerprint density at radius 2 is 1.89 bits per heavy atom. The fourth-order valence-corrected chi connectivity index (χ4v) is 3.81. The van der Waals surface area contributed by atoms with Crippen LogP contribution in [0.15, 0.2) is 30.5 Å². The van der Waals surface area contributed by atoms with Crippen molar-refractivity contribution in [2.45, 2.75) is 19.0 Å². The highest BCUT2D eigenvalue weighted by molar-refractivity contribution is 6.47. The number of hydrogen-bond donors (Lipinski definition) is 1. The van der Waals surface area contributed by atoms with Gasteiger partial charge >= 0.3 is 0 Å². The molecule has 0 aliphatic rings. The van der Waals surface area contributed by atoms with Gasteiger partial charge in [-0.2, -0.15) is 10.4 Å². The maximum absolute atomic E-state index is 12.6. The van der Waals surface area contributed by atoms with Crippen molar-refractivity contribution in [2.24, 2.45) is 0 Å². The molecule has 1 aromatic heterocycles. The van der Waals surface area contributed by atoms with E-state index in [1.165, 1.54) is 22.9 Å². The van der Waals surface area contributed by atoms with Gasteiger partial charge in [0, 0.05) is 16.6 Å². The summed E-state index contributed by atoms with van der Waals surface area (Å²) < 4.78 is 1.48. The van der Waals surface area contributed by atoms with E-state index in [4.69, 9.17) is 58.0 Å². The summed E-state index contributed by atoms with van der Waals surface area (Å²) in [6.07, 6.45) is 1.64. The molecule has 3 rings (SSSR count). The van der Waals surface area contributed by atoms with Gasteiger partial charge in [-0.05, 0) is 31.2 Å². The molecule has 3 aromatic rings. The molecular weight excluding hydrogens is 465 g/mol. The Kier molecular flexibility index (Phi) is 6.00. The predicted molar refractivity (Wildman–Crippen MR) is 113 cm³/mol. The van der Waals surface area contributed by atoms with Gasteiger partial charge in [0.1, 0.15) is 11.1 Å². The van der Waals surface area contributed by atoms with E-state index in [9.17, 15) is 10.1 Å². The molecule has 144 valence electrons. The number of rotatable bonds is 4. The second-order valence-electron chi connectivity index (χ2n) is 6.27. The molecule has 0 radical (unpaired) electrons. The number of nitrogens with zero attached hydrogens (tertiary/aromatic N) is 3. The number of benzene rings is 2. The van der Waals surface area contributed by atoms with Crippen molar-refractivity contribution < 1.29 is 4.79 Å². The third-order valence-corrected chi connectivity index (χ3v) is 5.62. The van der Waals surface area contributed by atoms with E-state index in [2.05, 4.69) is 16.5 Å². The Bertz CT molecular complexity index is 1140. The molecule has 1 heterocycles. The Morgan fingerprint density at radius 3 is 2.54 bits per heavy atom. The minimum atomic E-state index is -1.29. The summed E-state index contributed by atoms with van der Waals surface area (Å²) in [5.74, 6) is -0.512. The van der Waals surface area contributed by atoms with Crippen LogP contribution in [0.2, 0.25) is 25.1 Å². The van der Waals surface area contributed by atoms with E-state index in [0.717, 1.165) is 0 Å². The topological polar surface area (TPSA) is 70.7 Å². The summed E-state index contributed by atoms with van der Waals surface area (Å²) in [5.41, 5.74) is -0.673. The summed E-state index contributed by atoms with van der Waals surface area (Å²) in [6, 6.07) is 8.09. The molecule has 1 N–H and O–H groups in total. The van der Waals surface area contributed by atoms with Crippen molar-refractivity contribution in [2.75, 3.05) is 0 Å². The van der Waals surface area contributed by atoms with E-state index >= 15 is 0 Å². The second-order valence-corrected chi connectivity index (χ2v) is 8.30. The highest BCUT2D eigenvalue weighted by Gasteiger charge is 2.29. The normalized spacial score (nSPS) is 13.2. The maximum atomic E-state index is 12.6. The molecule has 5 nitrogen and oxygen atoms in total. The minimum Gasteiger partial charge on any atom is -0.332 e. The Labute approximate surface area is 185 Å². The van der Waals surface area contributed by atoms with Crippen LogP contribution in [0.1, 0.15) is 17.3 Å². The molecule has 28 heavy (non-hydrogen) atoms. The number of aromatic nitrogens is 2. The fourth-order valence-electron chi connectivity index (χ4n) is 2.62. The first-order valence-corrected chi connectivity index (χ1v) is 9.72. The van der Waals surface area contributed by atoms with Gasteiger partial charge in [0.2, 0.25) is 0 Å². The van der Waals surface area contributed by atoms with Crippen molar-refractivity contribution in [3.63, 3.8) is 0 Å². The van der Waals surface area contributed by atoms with Crippen LogP contribution in [0.5, 0.6) is 0 Å². The van der Waals surface area contributed by atoms with Gasteiger partial charge in [-0.25, -0.2) is 0 Å². The van der Waals surface area contributed by atoms with Gasteiger partial charge in [-0.3, -0.25) is 9.48 Å².